The van der Waals surface area contributed by atoms with Gasteiger partial charge >= 0.3 is 6.03 Å². The maximum Gasteiger partial charge on any atom is 0.317 e. The molecule has 0 bridgehead atoms. The fourth-order valence-electron chi connectivity index (χ4n) is 3.58. The van der Waals surface area contributed by atoms with E-state index in [4.69, 9.17) is 0 Å². The Morgan fingerprint density at radius 1 is 1.16 bits per heavy atom. The van der Waals surface area contributed by atoms with Crippen molar-refractivity contribution in [1.29, 1.82) is 0 Å². The Morgan fingerprint density at radius 3 is 2.64 bits per heavy atom. The number of aromatic nitrogens is 1. The summed E-state index contributed by atoms with van der Waals surface area (Å²) in [5.41, 5.74) is 0.00649. The molecule has 0 aromatic carbocycles. The summed E-state index contributed by atoms with van der Waals surface area (Å²) in [5, 5.41) is 2.99. The van der Waals surface area contributed by atoms with Crippen LogP contribution in [0.4, 0.5) is 4.79 Å². The predicted molar refractivity (Wildman–Crippen MR) is 102 cm³/mol. The van der Waals surface area contributed by atoms with Crippen LogP contribution in [0.2, 0.25) is 0 Å². The number of piperidine rings is 1. The topological polar surface area (TPSA) is 57.6 Å². The number of hydrogen-bond donors (Lipinski definition) is 1. The predicted octanol–water partition coefficient (Wildman–Crippen LogP) is 1.46. The monoisotopic (exact) mass is 364 g/mol. The number of carbonyl (C=O) groups is 1. The quantitative estimate of drug-likeness (QED) is 0.804. The second-order valence-electron chi connectivity index (χ2n) is 6.68. The first kappa shape index (κ1) is 18.3. The molecule has 1 aromatic heterocycles. The maximum atomic E-state index is 12.3. The van der Waals surface area contributed by atoms with Crippen LogP contribution in [-0.4, -0.2) is 70.7 Å². The lowest BCUT2D eigenvalue weighted by molar-refractivity contribution is 0.124. The van der Waals surface area contributed by atoms with E-state index in [1.807, 2.05) is 22.7 Å². The highest BCUT2D eigenvalue weighted by Gasteiger charge is 2.27. The number of likely N-dealkylation sites (tertiary alicyclic amines) is 1. The van der Waals surface area contributed by atoms with Crippen LogP contribution in [0.25, 0.3) is 0 Å². The van der Waals surface area contributed by atoms with Crippen LogP contribution >= 0.6 is 11.8 Å². The summed E-state index contributed by atoms with van der Waals surface area (Å²) < 4.78 is 1.68. The molecule has 3 heterocycles. The molecule has 25 heavy (non-hydrogen) atoms. The second-order valence-corrected chi connectivity index (χ2v) is 7.91. The molecular formula is C18H28N4O2S. The lowest BCUT2D eigenvalue weighted by Crippen LogP contribution is -2.51. The average molecular weight is 365 g/mol. The molecule has 0 unspecified atom stereocenters. The smallest absolute Gasteiger partial charge is 0.317 e. The molecule has 2 aliphatic heterocycles. The Balaban J connectivity index is 1.34. The van der Waals surface area contributed by atoms with Crippen LogP contribution in [0.3, 0.4) is 0 Å². The van der Waals surface area contributed by atoms with Gasteiger partial charge < -0.3 is 14.8 Å². The zero-order valence-electron chi connectivity index (χ0n) is 14.7. The first-order valence-electron chi connectivity index (χ1n) is 9.24. The van der Waals surface area contributed by atoms with Crippen molar-refractivity contribution in [3.8, 4) is 0 Å². The maximum absolute atomic E-state index is 12.3. The lowest BCUT2D eigenvalue weighted by atomic mass is 10.0. The van der Waals surface area contributed by atoms with E-state index in [9.17, 15) is 9.59 Å². The minimum absolute atomic E-state index is 0.00649. The van der Waals surface area contributed by atoms with Crippen molar-refractivity contribution in [3.63, 3.8) is 0 Å². The summed E-state index contributed by atoms with van der Waals surface area (Å²) in [6, 6.07) is 5.84. The van der Waals surface area contributed by atoms with Crippen LogP contribution in [0.5, 0.6) is 0 Å². The van der Waals surface area contributed by atoms with E-state index in [-0.39, 0.29) is 11.6 Å². The van der Waals surface area contributed by atoms with Crippen molar-refractivity contribution in [3.05, 3.63) is 34.7 Å². The molecule has 0 atom stereocenters. The number of amides is 2. The fraction of sp³-hybridized carbons (Fsp3) is 0.667. The van der Waals surface area contributed by atoms with Gasteiger partial charge in [0, 0.05) is 69.1 Å². The molecule has 2 fully saturated rings. The SMILES string of the molecule is O=C(NCCCn1ccccc1=O)N1CCC(N2CCSCC2)CC1. The highest BCUT2D eigenvalue weighted by atomic mass is 32.2. The fourth-order valence-corrected chi connectivity index (χ4v) is 4.51. The molecule has 2 saturated heterocycles. The summed E-state index contributed by atoms with van der Waals surface area (Å²) in [6.07, 6.45) is 4.71. The van der Waals surface area contributed by atoms with Crippen LogP contribution in [0, 0.1) is 0 Å². The molecule has 0 radical (unpaired) electrons. The van der Waals surface area contributed by atoms with Gasteiger partial charge in [-0.15, -0.1) is 0 Å². The number of hydrogen-bond acceptors (Lipinski definition) is 4. The van der Waals surface area contributed by atoms with Gasteiger partial charge in [0.05, 0.1) is 0 Å². The number of carbonyl (C=O) groups excluding carboxylic acids is 1. The van der Waals surface area contributed by atoms with E-state index in [0.717, 1.165) is 32.4 Å². The Labute approximate surface area is 153 Å². The first-order valence-corrected chi connectivity index (χ1v) is 10.4. The van der Waals surface area contributed by atoms with Gasteiger partial charge in [0.25, 0.3) is 0 Å². The Bertz CT molecular complexity index is 607. The average Bonchev–Trinajstić information content (AvgIpc) is 2.67. The Hall–Kier alpha value is -1.47. The highest BCUT2D eigenvalue weighted by Crippen LogP contribution is 2.20. The third-order valence-corrected chi connectivity index (χ3v) is 6.01. The van der Waals surface area contributed by atoms with Crippen LogP contribution in [0.1, 0.15) is 19.3 Å². The van der Waals surface area contributed by atoms with Crippen molar-refractivity contribution in [2.75, 3.05) is 44.2 Å². The number of aryl methyl sites for hydroxylation is 1. The largest absolute Gasteiger partial charge is 0.338 e. The third kappa shape index (κ3) is 5.25. The normalized spacial score (nSPS) is 19.8. The number of rotatable bonds is 5. The first-order chi connectivity index (χ1) is 12.2. The summed E-state index contributed by atoms with van der Waals surface area (Å²) in [4.78, 5) is 28.4. The van der Waals surface area contributed by atoms with E-state index in [0.29, 0.717) is 19.1 Å². The molecule has 0 aliphatic carbocycles. The van der Waals surface area contributed by atoms with Crippen molar-refractivity contribution >= 4 is 17.8 Å². The number of thioether (sulfide) groups is 1. The van der Waals surface area contributed by atoms with Gasteiger partial charge in [-0.25, -0.2) is 4.79 Å². The molecule has 0 spiro atoms. The molecule has 2 aliphatic rings. The van der Waals surface area contributed by atoms with E-state index in [1.165, 1.54) is 24.6 Å². The van der Waals surface area contributed by atoms with E-state index >= 15 is 0 Å². The minimum Gasteiger partial charge on any atom is -0.338 e. The van der Waals surface area contributed by atoms with Crippen molar-refractivity contribution in [2.45, 2.75) is 31.8 Å². The summed E-state index contributed by atoms with van der Waals surface area (Å²) in [5.74, 6) is 2.48. The van der Waals surface area contributed by atoms with E-state index in [1.54, 1.807) is 22.9 Å². The molecular weight excluding hydrogens is 336 g/mol. The molecule has 1 aromatic rings. The number of urea groups is 1. The highest BCUT2D eigenvalue weighted by molar-refractivity contribution is 7.99. The van der Waals surface area contributed by atoms with Gasteiger partial charge in [-0.05, 0) is 25.3 Å². The van der Waals surface area contributed by atoms with Gasteiger partial charge in [0.2, 0.25) is 5.56 Å². The van der Waals surface area contributed by atoms with Crippen LogP contribution in [-0.2, 0) is 6.54 Å². The second kappa shape index (κ2) is 9.29. The van der Waals surface area contributed by atoms with Crippen LogP contribution in [0.15, 0.2) is 29.2 Å². The number of pyridine rings is 1. The van der Waals surface area contributed by atoms with Crippen molar-refractivity contribution in [1.82, 2.24) is 19.7 Å². The molecule has 6 nitrogen and oxygen atoms in total. The zero-order chi connectivity index (χ0) is 17.5. The zero-order valence-corrected chi connectivity index (χ0v) is 15.5. The Morgan fingerprint density at radius 2 is 1.92 bits per heavy atom. The van der Waals surface area contributed by atoms with E-state index in [2.05, 4.69) is 10.2 Å². The van der Waals surface area contributed by atoms with Gasteiger partial charge in [-0.3, -0.25) is 9.69 Å². The standard InChI is InChI=1S/C18H28N4O2S/c23-17-4-1-2-8-21(17)9-3-7-19-18(24)22-10-5-16(6-11-22)20-12-14-25-15-13-20/h1-2,4,8,16H,3,5-7,9-15H2,(H,19,24). The molecule has 2 amide bonds. The van der Waals surface area contributed by atoms with Gasteiger partial charge in [0.15, 0.2) is 0 Å². The summed E-state index contributed by atoms with van der Waals surface area (Å²) in [7, 11) is 0. The van der Waals surface area contributed by atoms with Gasteiger partial charge in [-0.1, -0.05) is 6.07 Å². The lowest BCUT2D eigenvalue weighted by Gasteiger charge is -2.40. The minimum atomic E-state index is 0.00649. The third-order valence-electron chi connectivity index (χ3n) is 5.06. The Kier molecular flexibility index (Phi) is 6.81. The molecule has 1 N–H and O–H groups in total. The van der Waals surface area contributed by atoms with Crippen molar-refractivity contribution < 1.29 is 4.79 Å². The van der Waals surface area contributed by atoms with E-state index < -0.39 is 0 Å². The van der Waals surface area contributed by atoms with Crippen LogP contribution < -0.4 is 10.9 Å². The summed E-state index contributed by atoms with van der Waals surface area (Å²) >= 11 is 2.04. The molecule has 0 saturated carbocycles. The van der Waals surface area contributed by atoms with Gasteiger partial charge in [0.1, 0.15) is 0 Å². The van der Waals surface area contributed by atoms with Gasteiger partial charge in [-0.2, -0.15) is 11.8 Å². The molecule has 138 valence electrons. The molecule has 7 heteroatoms. The summed E-state index contributed by atoms with van der Waals surface area (Å²) in [6.45, 7) is 5.32. The number of nitrogens with zero attached hydrogens (tertiary/aromatic N) is 3. The number of nitrogens with one attached hydrogen (secondary N) is 1. The molecule has 3 rings (SSSR count). The van der Waals surface area contributed by atoms with Crippen molar-refractivity contribution in [2.24, 2.45) is 0 Å².